The minimum absolute atomic E-state index is 0.0173. The Balaban J connectivity index is 2.28. The van der Waals surface area contributed by atoms with Crippen molar-refractivity contribution in [1.82, 2.24) is 18.9 Å². The largest absolute Gasteiger partial charge is 0.388 e. The molecule has 7 nitrogen and oxygen atoms in total. The number of aromatic nitrogens is 4. The van der Waals surface area contributed by atoms with Gasteiger partial charge < -0.3 is 9.67 Å². The lowest BCUT2D eigenvalue weighted by Gasteiger charge is -2.23. The zero-order valence-electron chi connectivity index (χ0n) is 17.8. The maximum Gasteiger partial charge on any atom is 0.352 e. The van der Waals surface area contributed by atoms with E-state index in [0.717, 1.165) is 10.7 Å². The smallest absolute Gasteiger partial charge is 0.352 e. The summed E-state index contributed by atoms with van der Waals surface area (Å²) < 4.78 is 32.2. The van der Waals surface area contributed by atoms with Crippen molar-refractivity contribution in [2.24, 2.45) is 0 Å². The van der Waals surface area contributed by atoms with Crippen LogP contribution < -0.4 is 11.1 Å². The molecule has 4 rings (SSSR count). The molecule has 0 saturated carbocycles. The second kappa shape index (κ2) is 8.16. The van der Waals surface area contributed by atoms with Crippen molar-refractivity contribution in [2.75, 3.05) is 0 Å². The highest BCUT2D eigenvalue weighted by Crippen LogP contribution is 2.30. The SMILES string of the molecule is CCn1c(CO)nn(-c2c(-c3cccc(F)c3)c(=O)c3cc(F)ccc3n2C(C)C)c1=O. The third-order valence-electron chi connectivity index (χ3n) is 5.37. The molecule has 0 radical (unpaired) electrons. The molecule has 0 bridgehead atoms. The second-order valence-corrected chi connectivity index (χ2v) is 7.68. The monoisotopic (exact) mass is 440 g/mol. The fraction of sp³-hybridized carbons (Fsp3) is 0.261. The van der Waals surface area contributed by atoms with Crippen LogP contribution in [-0.2, 0) is 13.2 Å². The lowest BCUT2D eigenvalue weighted by atomic mass is 10.0. The first kappa shape index (κ1) is 21.6. The van der Waals surface area contributed by atoms with Gasteiger partial charge in [0.2, 0.25) is 0 Å². The van der Waals surface area contributed by atoms with Crippen LogP contribution in [0.4, 0.5) is 8.78 Å². The summed E-state index contributed by atoms with van der Waals surface area (Å²) in [6.45, 7) is 5.21. The van der Waals surface area contributed by atoms with Crippen molar-refractivity contribution >= 4 is 10.9 Å². The summed E-state index contributed by atoms with van der Waals surface area (Å²) in [6, 6.07) is 9.00. The summed E-state index contributed by atoms with van der Waals surface area (Å²) in [5.41, 5.74) is -0.451. The van der Waals surface area contributed by atoms with Crippen molar-refractivity contribution in [1.29, 1.82) is 0 Å². The molecule has 0 atom stereocenters. The molecule has 0 amide bonds. The van der Waals surface area contributed by atoms with Crippen LogP contribution in [0.3, 0.4) is 0 Å². The van der Waals surface area contributed by atoms with Gasteiger partial charge in [0.25, 0.3) is 0 Å². The molecular formula is C23H22F2N4O3. The van der Waals surface area contributed by atoms with E-state index in [1.54, 1.807) is 17.6 Å². The first-order valence-corrected chi connectivity index (χ1v) is 10.2. The maximum atomic E-state index is 14.1. The van der Waals surface area contributed by atoms with E-state index in [2.05, 4.69) is 5.10 Å². The molecule has 2 aromatic heterocycles. The average molecular weight is 440 g/mol. The van der Waals surface area contributed by atoms with Crippen molar-refractivity contribution in [3.63, 3.8) is 0 Å². The van der Waals surface area contributed by atoms with E-state index in [0.29, 0.717) is 5.52 Å². The third-order valence-corrected chi connectivity index (χ3v) is 5.37. The summed E-state index contributed by atoms with van der Waals surface area (Å²) in [7, 11) is 0. The van der Waals surface area contributed by atoms with E-state index in [9.17, 15) is 23.5 Å². The van der Waals surface area contributed by atoms with Crippen molar-refractivity contribution < 1.29 is 13.9 Å². The Morgan fingerprint density at radius 2 is 1.78 bits per heavy atom. The van der Waals surface area contributed by atoms with Gasteiger partial charge in [-0.05, 0) is 56.7 Å². The van der Waals surface area contributed by atoms with Gasteiger partial charge in [0.05, 0.1) is 11.1 Å². The quantitative estimate of drug-likeness (QED) is 0.516. The van der Waals surface area contributed by atoms with Crippen LogP contribution in [0.25, 0.3) is 27.8 Å². The normalized spacial score (nSPS) is 11.6. The summed E-state index contributed by atoms with van der Waals surface area (Å²) in [6.07, 6.45) is 0. The van der Waals surface area contributed by atoms with Gasteiger partial charge in [0.15, 0.2) is 17.1 Å². The number of aliphatic hydroxyl groups excluding tert-OH is 1. The molecular weight excluding hydrogens is 418 g/mol. The number of hydrogen-bond donors (Lipinski definition) is 1. The Morgan fingerprint density at radius 3 is 2.38 bits per heavy atom. The van der Waals surface area contributed by atoms with Crippen LogP contribution in [0.5, 0.6) is 0 Å². The van der Waals surface area contributed by atoms with Crippen LogP contribution in [0.1, 0.15) is 32.6 Å². The lowest BCUT2D eigenvalue weighted by Crippen LogP contribution is -2.29. The number of benzene rings is 2. The Morgan fingerprint density at radius 1 is 1.06 bits per heavy atom. The molecule has 166 valence electrons. The Labute approximate surface area is 181 Å². The average Bonchev–Trinajstić information content (AvgIpc) is 3.08. The minimum atomic E-state index is -0.585. The number of halogens is 2. The highest BCUT2D eigenvalue weighted by atomic mass is 19.1. The maximum absolute atomic E-state index is 14.1. The Hall–Kier alpha value is -3.59. The molecule has 0 aliphatic heterocycles. The topological polar surface area (TPSA) is 82.0 Å². The van der Waals surface area contributed by atoms with Gasteiger partial charge in [-0.3, -0.25) is 9.36 Å². The molecule has 9 heteroatoms. The number of fused-ring (bicyclic) bond motifs is 1. The number of nitrogens with zero attached hydrogens (tertiary/aromatic N) is 4. The first-order chi connectivity index (χ1) is 15.3. The molecule has 0 aliphatic carbocycles. The summed E-state index contributed by atoms with van der Waals surface area (Å²) >= 11 is 0. The van der Waals surface area contributed by atoms with Crippen LogP contribution in [0.2, 0.25) is 0 Å². The molecule has 0 aliphatic rings. The summed E-state index contributed by atoms with van der Waals surface area (Å²) in [5.74, 6) is -0.894. The van der Waals surface area contributed by atoms with Gasteiger partial charge in [0, 0.05) is 18.0 Å². The molecule has 0 fully saturated rings. The zero-order chi connectivity index (χ0) is 23.2. The number of hydrogen-bond acceptors (Lipinski definition) is 4. The number of rotatable bonds is 5. The van der Waals surface area contributed by atoms with Gasteiger partial charge in [-0.15, -0.1) is 5.10 Å². The molecule has 1 N–H and O–H groups in total. The summed E-state index contributed by atoms with van der Waals surface area (Å²) in [5, 5.41) is 14.1. The molecule has 4 aromatic rings. The Kier molecular flexibility index (Phi) is 5.52. The second-order valence-electron chi connectivity index (χ2n) is 7.68. The van der Waals surface area contributed by atoms with E-state index in [1.807, 2.05) is 13.8 Å². The molecule has 0 unspecified atom stereocenters. The van der Waals surface area contributed by atoms with Gasteiger partial charge in [-0.2, -0.15) is 4.68 Å². The summed E-state index contributed by atoms with van der Waals surface area (Å²) in [4.78, 5) is 26.8. The van der Waals surface area contributed by atoms with Crippen LogP contribution >= 0.6 is 0 Å². The predicted octanol–water partition coefficient (Wildman–Crippen LogP) is 3.39. The van der Waals surface area contributed by atoms with Crippen LogP contribution in [0, 0.1) is 11.6 Å². The standard InChI is InChI=1S/C23H22F2N4O3/c1-4-27-19(12-30)26-29(23(27)32)22-20(14-6-5-7-15(24)10-14)21(31)17-11-16(25)8-9-18(17)28(22)13(2)3/h5-11,13,30H,4,12H2,1-3H3. The third kappa shape index (κ3) is 3.34. The van der Waals surface area contributed by atoms with Crippen molar-refractivity contribution in [2.45, 2.75) is 40.0 Å². The molecule has 2 heterocycles. The highest BCUT2D eigenvalue weighted by molar-refractivity contribution is 5.88. The van der Waals surface area contributed by atoms with Crippen LogP contribution in [-0.4, -0.2) is 24.0 Å². The highest BCUT2D eigenvalue weighted by Gasteiger charge is 2.25. The molecule has 0 saturated heterocycles. The van der Waals surface area contributed by atoms with Gasteiger partial charge >= 0.3 is 5.69 Å². The molecule has 0 spiro atoms. The molecule has 2 aromatic carbocycles. The van der Waals surface area contributed by atoms with E-state index >= 15 is 0 Å². The van der Waals surface area contributed by atoms with E-state index in [-0.39, 0.29) is 40.7 Å². The van der Waals surface area contributed by atoms with E-state index in [1.165, 1.54) is 34.9 Å². The fourth-order valence-corrected chi connectivity index (χ4v) is 4.02. The van der Waals surface area contributed by atoms with Crippen molar-refractivity contribution in [3.05, 3.63) is 80.6 Å². The fourth-order valence-electron chi connectivity index (χ4n) is 4.02. The van der Waals surface area contributed by atoms with Gasteiger partial charge in [0.1, 0.15) is 18.2 Å². The first-order valence-electron chi connectivity index (χ1n) is 10.2. The van der Waals surface area contributed by atoms with Crippen LogP contribution in [0.15, 0.2) is 52.1 Å². The molecule has 32 heavy (non-hydrogen) atoms. The van der Waals surface area contributed by atoms with Gasteiger partial charge in [-0.1, -0.05) is 12.1 Å². The van der Waals surface area contributed by atoms with Crippen molar-refractivity contribution in [3.8, 4) is 16.9 Å². The minimum Gasteiger partial charge on any atom is -0.388 e. The zero-order valence-corrected chi connectivity index (χ0v) is 17.8. The van der Waals surface area contributed by atoms with E-state index in [4.69, 9.17) is 0 Å². The van der Waals surface area contributed by atoms with Gasteiger partial charge in [-0.25, -0.2) is 13.6 Å². The Bertz CT molecular complexity index is 1450. The number of aliphatic hydroxyl groups is 1. The lowest BCUT2D eigenvalue weighted by molar-refractivity contribution is 0.264. The predicted molar refractivity (Wildman–Crippen MR) is 117 cm³/mol. The van der Waals surface area contributed by atoms with E-state index < -0.39 is 29.4 Å². The number of pyridine rings is 1.